The van der Waals surface area contributed by atoms with Gasteiger partial charge in [-0.3, -0.25) is 4.79 Å². The molecule has 2 N–H and O–H groups in total. The number of rotatable bonds is 3. The summed E-state index contributed by atoms with van der Waals surface area (Å²) in [6.45, 7) is 1.01. The number of ether oxygens (including phenoxy) is 1. The Morgan fingerprint density at radius 3 is 2.89 bits per heavy atom. The fraction of sp³-hybridized carbons (Fsp3) is 0.500. The van der Waals surface area contributed by atoms with E-state index in [0.29, 0.717) is 13.2 Å². The zero-order chi connectivity index (χ0) is 13.2. The van der Waals surface area contributed by atoms with Crippen molar-refractivity contribution < 1.29 is 13.2 Å². The van der Waals surface area contributed by atoms with E-state index in [1.165, 1.54) is 0 Å². The maximum Gasteiger partial charge on any atom is 0.266 e. The number of hydrogen-bond donors (Lipinski definition) is 2. The Labute approximate surface area is 109 Å². The summed E-state index contributed by atoms with van der Waals surface area (Å²) < 4.78 is 31.8. The summed E-state index contributed by atoms with van der Waals surface area (Å²) in [7, 11) is -3.68. The Morgan fingerprint density at radius 1 is 1.50 bits per heavy atom. The number of halogens is 1. The van der Waals surface area contributed by atoms with Crippen molar-refractivity contribution in [3.8, 4) is 0 Å². The van der Waals surface area contributed by atoms with Crippen LogP contribution in [0.25, 0.3) is 0 Å². The number of aromatic amines is 1. The third kappa shape index (κ3) is 3.11. The molecule has 1 saturated heterocycles. The van der Waals surface area contributed by atoms with Gasteiger partial charge in [0.25, 0.3) is 5.56 Å². The zero-order valence-corrected chi connectivity index (χ0v) is 11.1. The molecule has 1 aliphatic rings. The molecule has 0 aliphatic carbocycles. The quantitative estimate of drug-likeness (QED) is 0.848. The molecule has 2 rings (SSSR count). The molecule has 1 aromatic rings. The summed E-state index contributed by atoms with van der Waals surface area (Å²) in [6, 6.07) is 0.890. The molecule has 1 aromatic heterocycles. The molecule has 100 valence electrons. The van der Waals surface area contributed by atoms with Crippen LogP contribution in [0.5, 0.6) is 0 Å². The van der Waals surface area contributed by atoms with Crippen molar-refractivity contribution in [3.63, 3.8) is 0 Å². The first kappa shape index (κ1) is 13.5. The largest absolute Gasteiger partial charge is 0.380 e. The minimum Gasteiger partial charge on any atom is -0.380 e. The first-order valence-corrected chi connectivity index (χ1v) is 7.33. The zero-order valence-electron chi connectivity index (χ0n) is 9.48. The summed E-state index contributed by atoms with van der Waals surface area (Å²) in [5.41, 5.74) is -0.517. The van der Waals surface area contributed by atoms with E-state index in [9.17, 15) is 13.2 Å². The summed E-state index contributed by atoms with van der Waals surface area (Å²) >= 11 is 5.60. The van der Waals surface area contributed by atoms with Crippen LogP contribution in [0.3, 0.4) is 0 Å². The van der Waals surface area contributed by atoms with Crippen molar-refractivity contribution in [1.29, 1.82) is 0 Å². The van der Waals surface area contributed by atoms with E-state index in [2.05, 4.69) is 9.71 Å². The fourth-order valence-corrected chi connectivity index (χ4v) is 3.20. The average molecular weight is 293 g/mol. The molecule has 6 nitrogen and oxygen atoms in total. The number of hydrogen-bond acceptors (Lipinski definition) is 4. The van der Waals surface area contributed by atoms with Gasteiger partial charge in [0.1, 0.15) is 5.02 Å². The van der Waals surface area contributed by atoms with Crippen LogP contribution in [0.15, 0.2) is 22.0 Å². The van der Waals surface area contributed by atoms with Crippen LogP contribution < -0.4 is 10.3 Å². The third-order valence-electron chi connectivity index (χ3n) is 2.62. The van der Waals surface area contributed by atoms with Crippen LogP contribution in [0.1, 0.15) is 12.8 Å². The molecule has 0 bridgehead atoms. The van der Waals surface area contributed by atoms with Gasteiger partial charge in [0.2, 0.25) is 10.0 Å². The number of sulfonamides is 1. The molecule has 0 spiro atoms. The molecule has 2 heterocycles. The van der Waals surface area contributed by atoms with E-state index >= 15 is 0 Å². The van der Waals surface area contributed by atoms with Gasteiger partial charge in [0, 0.05) is 18.8 Å². The van der Waals surface area contributed by atoms with Gasteiger partial charge in [-0.25, -0.2) is 13.1 Å². The monoisotopic (exact) mass is 292 g/mol. The van der Waals surface area contributed by atoms with E-state index in [0.717, 1.165) is 25.1 Å². The summed E-state index contributed by atoms with van der Waals surface area (Å²) in [6.07, 6.45) is 2.68. The van der Waals surface area contributed by atoms with Gasteiger partial charge in [-0.15, -0.1) is 0 Å². The highest BCUT2D eigenvalue weighted by molar-refractivity contribution is 7.89. The molecule has 0 saturated carbocycles. The number of aromatic nitrogens is 1. The maximum absolute atomic E-state index is 12.0. The van der Waals surface area contributed by atoms with Crippen molar-refractivity contribution in [2.75, 3.05) is 13.2 Å². The molecular formula is C10H13ClN2O4S. The maximum atomic E-state index is 12.0. The number of pyridine rings is 1. The van der Waals surface area contributed by atoms with E-state index in [1.807, 2.05) is 0 Å². The van der Waals surface area contributed by atoms with E-state index in [-0.39, 0.29) is 16.0 Å². The molecule has 1 unspecified atom stereocenters. The van der Waals surface area contributed by atoms with Crippen LogP contribution in [-0.4, -0.2) is 32.7 Å². The molecule has 1 atom stereocenters. The summed E-state index contributed by atoms with van der Waals surface area (Å²) in [4.78, 5) is 13.3. The van der Waals surface area contributed by atoms with Gasteiger partial charge in [0.05, 0.1) is 11.5 Å². The van der Waals surface area contributed by atoms with Crippen LogP contribution in [-0.2, 0) is 14.8 Å². The van der Waals surface area contributed by atoms with Gasteiger partial charge in [-0.05, 0) is 18.9 Å². The Balaban J connectivity index is 2.19. The van der Waals surface area contributed by atoms with Crippen LogP contribution in [0, 0.1) is 0 Å². The Kier molecular flexibility index (Phi) is 4.06. The lowest BCUT2D eigenvalue weighted by Gasteiger charge is -2.22. The van der Waals surface area contributed by atoms with Crippen molar-refractivity contribution in [2.45, 2.75) is 23.8 Å². The van der Waals surface area contributed by atoms with E-state index < -0.39 is 15.6 Å². The highest BCUT2D eigenvalue weighted by Crippen LogP contribution is 2.13. The molecule has 0 aromatic carbocycles. The van der Waals surface area contributed by atoms with Crippen LogP contribution >= 0.6 is 11.6 Å². The third-order valence-corrected chi connectivity index (χ3v) is 4.40. The van der Waals surface area contributed by atoms with Gasteiger partial charge in [0.15, 0.2) is 0 Å². The standard InChI is InChI=1S/C10H13ClN2O4S/c11-9-4-8(5-12-10(9)14)18(15,16)13-7-2-1-3-17-6-7/h4-5,7,13H,1-3,6H2,(H,12,14). The van der Waals surface area contributed by atoms with Gasteiger partial charge in [-0.1, -0.05) is 11.6 Å². The lowest BCUT2D eigenvalue weighted by Crippen LogP contribution is -2.40. The summed E-state index contributed by atoms with van der Waals surface area (Å²) in [5, 5.41) is -0.155. The molecule has 1 aliphatic heterocycles. The number of nitrogens with one attached hydrogen (secondary N) is 2. The van der Waals surface area contributed by atoms with Crippen LogP contribution in [0.2, 0.25) is 5.02 Å². The SMILES string of the molecule is O=c1[nH]cc(S(=O)(=O)NC2CCCOC2)cc1Cl. The number of H-pyrrole nitrogens is 1. The molecule has 0 amide bonds. The van der Waals surface area contributed by atoms with E-state index in [1.54, 1.807) is 0 Å². The molecule has 1 fully saturated rings. The topological polar surface area (TPSA) is 88.3 Å². The molecule has 18 heavy (non-hydrogen) atoms. The lowest BCUT2D eigenvalue weighted by molar-refractivity contribution is 0.0774. The molecule has 8 heteroatoms. The lowest BCUT2D eigenvalue weighted by atomic mass is 10.1. The smallest absolute Gasteiger partial charge is 0.266 e. The Bertz CT molecular complexity index is 578. The highest BCUT2D eigenvalue weighted by Gasteiger charge is 2.22. The van der Waals surface area contributed by atoms with Gasteiger partial charge in [-0.2, -0.15) is 0 Å². The van der Waals surface area contributed by atoms with Gasteiger partial charge >= 0.3 is 0 Å². The van der Waals surface area contributed by atoms with Crippen molar-refractivity contribution in [2.24, 2.45) is 0 Å². The second-order valence-electron chi connectivity index (χ2n) is 4.05. The second kappa shape index (κ2) is 5.40. The fourth-order valence-electron chi connectivity index (χ4n) is 1.71. The van der Waals surface area contributed by atoms with E-state index in [4.69, 9.17) is 16.3 Å². The Morgan fingerprint density at radius 2 is 2.28 bits per heavy atom. The summed E-state index contributed by atoms with van der Waals surface area (Å²) in [5.74, 6) is 0. The van der Waals surface area contributed by atoms with Crippen molar-refractivity contribution in [1.82, 2.24) is 9.71 Å². The molecule has 0 radical (unpaired) electrons. The average Bonchev–Trinajstić information content (AvgIpc) is 2.33. The first-order valence-electron chi connectivity index (χ1n) is 5.47. The second-order valence-corrected chi connectivity index (χ2v) is 6.17. The first-order chi connectivity index (χ1) is 8.49. The van der Waals surface area contributed by atoms with Crippen molar-refractivity contribution >= 4 is 21.6 Å². The normalized spacial score (nSPS) is 20.8. The molecular weight excluding hydrogens is 280 g/mol. The minimum atomic E-state index is -3.68. The predicted octanol–water partition coefficient (Wildman–Crippen LogP) is 0.486. The van der Waals surface area contributed by atoms with Crippen molar-refractivity contribution in [3.05, 3.63) is 27.6 Å². The highest BCUT2D eigenvalue weighted by atomic mass is 35.5. The van der Waals surface area contributed by atoms with Crippen LogP contribution in [0.4, 0.5) is 0 Å². The van der Waals surface area contributed by atoms with Gasteiger partial charge < -0.3 is 9.72 Å². The predicted molar refractivity (Wildman–Crippen MR) is 66.2 cm³/mol. The minimum absolute atomic E-state index is 0.0577. The Hall–Kier alpha value is -0.890.